The normalized spacial score (nSPS) is 14.3. The van der Waals surface area contributed by atoms with Gasteiger partial charge in [0.1, 0.15) is 24.7 Å². The molecule has 0 spiro atoms. The SMILES string of the molecule is CCOc1cc(C2C(C(=O)Nc3ccccc3OC)=C(C)Nc3ncnn32)cc(Br)c1OCc1cccc(C)c1. The van der Waals surface area contributed by atoms with Gasteiger partial charge in [0.15, 0.2) is 11.5 Å². The van der Waals surface area contributed by atoms with E-state index in [2.05, 4.69) is 42.7 Å². The van der Waals surface area contributed by atoms with E-state index in [0.29, 0.717) is 57.8 Å². The highest BCUT2D eigenvalue weighted by molar-refractivity contribution is 9.10. The zero-order valence-electron chi connectivity index (χ0n) is 22.7. The number of halogens is 1. The first kappa shape index (κ1) is 27.3. The Labute approximate surface area is 241 Å². The molecule has 0 aliphatic carbocycles. The van der Waals surface area contributed by atoms with Crippen molar-refractivity contribution in [3.63, 3.8) is 0 Å². The van der Waals surface area contributed by atoms with Crippen molar-refractivity contribution in [2.45, 2.75) is 33.4 Å². The van der Waals surface area contributed by atoms with Crippen LogP contribution >= 0.6 is 15.9 Å². The molecule has 1 aromatic heterocycles. The number of aryl methyl sites for hydroxylation is 1. The van der Waals surface area contributed by atoms with Crippen molar-refractivity contribution < 1.29 is 19.0 Å². The highest BCUT2D eigenvalue weighted by Crippen LogP contribution is 2.43. The lowest BCUT2D eigenvalue weighted by Gasteiger charge is -2.29. The number of rotatable bonds is 9. The maximum absolute atomic E-state index is 13.8. The number of nitrogens with one attached hydrogen (secondary N) is 2. The van der Waals surface area contributed by atoms with Gasteiger partial charge in [-0.15, -0.1) is 0 Å². The van der Waals surface area contributed by atoms with Crippen LogP contribution in [0, 0.1) is 6.92 Å². The number of hydrogen-bond acceptors (Lipinski definition) is 7. The van der Waals surface area contributed by atoms with Crippen LogP contribution < -0.4 is 24.8 Å². The number of carbonyl (C=O) groups excluding carboxylic acids is 1. The van der Waals surface area contributed by atoms with Crippen LogP contribution in [0.5, 0.6) is 17.2 Å². The zero-order chi connectivity index (χ0) is 28.2. The minimum Gasteiger partial charge on any atom is -0.495 e. The summed E-state index contributed by atoms with van der Waals surface area (Å²) in [4.78, 5) is 18.2. The van der Waals surface area contributed by atoms with E-state index in [-0.39, 0.29) is 5.91 Å². The summed E-state index contributed by atoms with van der Waals surface area (Å²) in [5.74, 6) is 1.94. The van der Waals surface area contributed by atoms with Crippen LogP contribution in [0.25, 0.3) is 0 Å². The van der Waals surface area contributed by atoms with Gasteiger partial charge in [-0.3, -0.25) is 4.79 Å². The number of benzene rings is 3. The quantitative estimate of drug-likeness (QED) is 0.233. The van der Waals surface area contributed by atoms with Gasteiger partial charge in [-0.2, -0.15) is 10.1 Å². The van der Waals surface area contributed by atoms with E-state index in [4.69, 9.17) is 14.2 Å². The van der Waals surface area contributed by atoms with Gasteiger partial charge in [0, 0.05) is 5.70 Å². The van der Waals surface area contributed by atoms with E-state index in [1.165, 1.54) is 6.33 Å². The van der Waals surface area contributed by atoms with Gasteiger partial charge in [0.05, 0.1) is 29.4 Å². The van der Waals surface area contributed by atoms with Crippen LogP contribution in [-0.2, 0) is 11.4 Å². The van der Waals surface area contributed by atoms with E-state index < -0.39 is 6.04 Å². The molecule has 0 saturated heterocycles. The molecule has 40 heavy (non-hydrogen) atoms. The number of ether oxygens (including phenoxy) is 3. The van der Waals surface area contributed by atoms with Crippen LogP contribution in [0.1, 0.15) is 36.6 Å². The number of hydrogen-bond donors (Lipinski definition) is 2. The first-order valence-corrected chi connectivity index (χ1v) is 13.6. The first-order valence-electron chi connectivity index (χ1n) is 12.9. The number of methoxy groups -OCH3 is 1. The van der Waals surface area contributed by atoms with Gasteiger partial charge in [0.2, 0.25) is 5.95 Å². The molecule has 9 nitrogen and oxygen atoms in total. The molecule has 1 aliphatic rings. The van der Waals surface area contributed by atoms with Crippen LogP contribution in [0.3, 0.4) is 0 Å². The van der Waals surface area contributed by atoms with Crippen LogP contribution in [0.4, 0.5) is 11.6 Å². The van der Waals surface area contributed by atoms with Gasteiger partial charge in [-0.25, -0.2) is 4.68 Å². The van der Waals surface area contributed by atoms with Crippen LogP contribution in [-0.4, -0.2) is 34.4 Å². The van der Waals surface area contributed by atoms with E-state index in [1.54, 1.807) is 23.9 Å². The Kier molecular flexibility index (Phi) is 8.06. The van der Waals surface area contributed by atoms with Crippen molar-refractivity contribution in [1.82, 2.24) is 14.8 Å². The van der Waals surface area contributed by atoms with Gasteiger partial charge in [0.25, 0.3) is 5.91 Å². The zero-order valence-corrected chi connectivity index (χ0v) is 24.3. The lowest BCUT2D eigenvalue weighted by Crippen LogP contribution is -2.31. The summed E-state index contributed by atoms with van der Waals surface area (Å²) in [5.41, 5.74) is 4.69. The Morgan fingerprint density at radius 3 is 2.67 bits per heavy atom. The first-order chi connectivity index (χ1) is 19.4. The topological polar surface area (TPSA) is 99.5 Å². The Morgan fingerprint density at radius 1 is 1.07 bits per heavy atom. The van der Waals surface area contributed by atoms with E-state index in [0.717, 1.165) is 16.7 Å². The molecule has 1 aliphatic heterocycles. The molecule has 1 unspecified atom stereocenters. The predicted octanol–water partition coefficient (Wildman–Crippen LogP) is 6.26. The Bertz CT molecular complexity index is 1580. The lowest BCUT2D eigenvalue weighted by molar-refractivity contribution is -0.113. The fourth-order valence-corrected chi connectivity index (χ4v) is 5.31. The second-order valence-corrected chi connectivity index (χ2v) is 10.1. The largest absolute Gasteiger partial charge is 0.495 e. The molecule has 206 valence electrons. The molecule has 3 aromatic carbocycles. The molecule has 0 fully saturated rings. The Balaban J connectivity index is 1.53. The summed E-state index contributed by atoms with van der Waals surface area (Å²) in [6.45, 7) is 6.63. The van der Waals surface area contributed by atoms with Gasteiger partial charge in [-0.1, -0.05) is 42.0 Å². The maximum Gasteiger partial charge on any atom is 0.255 e. The summed E-state index contributed by atoms with van der Waals surface area (Å²) >= 11 is 3.70. The van der Waals surface area contributed by atoms with Crippen molar-refractivity contribution >= 4 is 33.5 Å². The van der Waals surface area contributed by atoms with Crippen LogP contribution in [0.15, 0.2) is 82.7 Å². The highest BCUT2D eigenvalue weighted by atomic mass is 79.9. The van der Waals surface area contributed by atoms with Gasteiger partial charge >= 0.3 is 0 Å². The Morgan fingerprint density at radius 2 is 1.90 bits per heavy atom. The molecular weight excluding hydrogens is 574 g/mol. The van der Waals surface area contributed by atoms with E-state index in [9.17, 15) is 4.79 Å². The van der Waals surface area contributed by atoms with Gasteiger partial charge in [-0.05, 0) is 72.1 Å². The third kappa shape index (κ3) is 5.53. The second kappa shape index (κ2) is 11.8. The molecule has 2 N–H and O–H groups in total. The minimum atomic E-state index is -0.588. The van der Waals surface area contributed by atoms with E-state index >= 15 is 0 Å². The van der Waals surface area contributed by atoms with Crippen LogP contribution in [0.2, 0.25) is 0 Å². The number of carbonyl (C=O) groups is 1. The summed E-state index contributed by atoms with van der Waals surface area (Å²) in [7, 11) is 1.57. The number of nitrogens with zero attached hydrogens (tertiary/aromatic N) is 3. The smallest absolute Gasteiger partial charge is 0.255 e. The number of aromatic nitrogens is 3. The standard InChI is InChI=1S/C30H30BrN5O4/c1-5-39-25-15-21(14-22(31)28(25)40-16-20-10-8-9-18(2)13-20)27-26(19(3)34-30-32-17-33-36(27)30)29(37)35-23-11-6-7-12-24(23)38-4/h6-15,17,27H,5,16H2,1-4H3,(H,35,37)(H,32,33,34). The predicted molar refractivity (Wildman–Crippen MR) is 157 cm³/mol. The summed E-state index contributed by atoms with van der Waals surface area (Å²) in [5, 5.41) is 10.7. The van der Waals surface area contributed by atoms with E-state index in [1.807, 2.05) is 63.2 Å². The third-order valence-corrected chi connectivity index (χ3v) is 7.10. The monoisotopic (exact) mass is 603 g/mol. The fraction of sp³-hybridized carbons (Fsp3) is 0.233. The number of amides is 1. The molecule has 1 atom stereocenters. The molecule has 2 heterocycles. The second-order valence-electron chi connectivity index (χ2n) is 9.29. The molecule has 1 amide bonds. The molecular formula is C30H30BrN5O4. The van der Waals surface area contributed by atoms with Crippen molar-refractivity contribution in [2.75, 3.05) is 24.4 Å². The number of allylic oxidation sites excluding steroid dienone is 1. The summed E-state index contributed by atoms with van der Waals surface area (Å²) < 4.78 is 20.1. The molecule has 0 radical (unpaired) electrons. The number of fused-ring (bicyclic) bond motifs is 1. The van der Waals surface area contributed by atoms with Crippen molar-refractivity contribution in [1.29, 1.82) is 0 Å². The summed E-state index contributed by atoms with van der Waals surface area (Å²) in [6.07, 6.45) is 1.46. The third-order valence-electron chi connectivity index (χ3n) is 6.51. The molecule has 0 saturated carbocycles. The summed E-state index contributed by atoms with van der Waals surface area (Å²) in [6, 6.07) is 18.7. The molecule has 10 heteroatoms. The molecule has 5 rings (SSSR count). The Hall–Kier alpha value is -4.31. The average Bonchev–Trinajstić information content (AvgIpc) is 3.40. The molecule has 0 bridgehead atoms. The van der Waals surface area contributed by atoms with Crippen molar-refractivity contribution in [3.05, 3.63) is 99.4 Å². The highest BCUT2D eigenvalue weighted by Gasteiger charge is 2.35. The van der Waals surface area contributed by atoms with Crippen molar-refractivity contribution in [3.8, 4) is 17.2 Å². The number of anilines is 2. The average molecular weight is 605 g/mol. The molecule has 4 aromatic rings. The van der Waals surface area contributed by atoms with Gasteiger partial charge < -0.3 is 24.8 Å². The number of para-hydroxylation sites is 2. The van der Waals surface area contributed by atoms with Crippen molar-refractivity contribution in [2.24, 2.45) is 0 Å². The lowest BCUT2D eigenvalue weighted by atomic mass is 9.94. The maximum atomic E-state index is 13.8. The fourth-order valence-electron chi connectivity index (χ4n) is 4.74. The minimum absolute atomic E-state index is 0.297.